The Kier molecular flexibility index (Phi) is 6.44. The molecule has 2 rings (SSSR count). The van der Waals surface area contributed by atoms with Crippen LogP contribution in [-0.4, -0.2) is 19.6 Å². The predicted octanol–water partition coefficient (Wildman–Crippen LogP) is 4.07. The number of amides is 1. The number of ether oxygens (including phenoxy) is 2. The zero-order valence-corrected chi connectivity index (χ0v) is 14.0. The van der Waals surface area contributed by atoms with E-state index >= 15 is 0 Å². The van der Waals surface area contributed by atoms with Crippen molar-refractivity contribution < 1.29 is 14.3 Å². The third-order valence-electron chi connectivity index (χ3n) is 3.20. The van der Waals surface area contributed by atoms with Crippen LogP contribution in [0.1, 0.15) is 18.1 Å². The Morgan fingerprint density at radius 2 is 1.96 bits per heavy atom. The van der Waals surface area contributed by atoms with E-state index in [1.165, 1.54) is 0 Å². The van der Waals surface area contributed by atoms with Crippen molar-refractivity contribution in [1.82, 2.24) is 0 Å². The van der Waals surface area contributed by atoms with Gasteiger partial charge in [0.2, 0.25) is 5.91 Å². The molecule has 0 saturated heterocycles. The molecule has 2 aromatic carbocycles. The SMILES string of the molecule is CCOc1c(Cl)cc(NC(=O)Cc2ccccc2)cc1COC. The van der Waals surface area contributed by atoms with Crippen molar-refractivity contribution in [2.75, 3.05) is 19.0 Å². The summed E-state index contributed by atoms with van der Waals surface area (Å²) in [7, 11) is 1.60. The molecule has 5 heteroatoms. The van der Waals surface area contributed by atoms with Crippen LogP contribution in [-0.2, 0) is 22.6 Å². The molecule has 0 saturated carbocycles. The molecule has 2 aromatic rings. The summed E-state index contributed by atoms with van der Waals surface area (Å²) >= 11 is 6.26. The molecule has 0 aliphatic heterocycles. The first-order valence-electron chi connectivity index (χ1n) is 7.42. The molecule has 1 amide bonds. The molecule has 0 aliphatic carbocycles. The highest BCUT2D eigenvalue weighted by atomic mass is 35.5. The van der Waals surface area contributed by atoms with E-state index in [-0.39, 0.29) is 5.91 Å². The molecule has 0 spiro atoms. The molecule has 0 unspecified atom stereocenters. The molecule has 0 aromatic heterocycles. The third-order valence-corrected chi connectivity index (χ3v) is 3.48. The minimum absolute atomic E-state index is 0.0974. The molecule has 23 heavy (non-hydrogen) atoms. The van der Waals surface area contributed by atoms with Crippen molar-refractivity contribution in [3.8, 4) is 5.75 Å². The molecule has 0 radical (unpaired) electrons. The Balaban J connectivity index is 2.14. The van der Waals surface area contributed by atoms with E-state index in [1.54, 1.807) is 13.2 Å². The summed E-state index contributed by atoms with van der Waals surface area (Å²) in [5.41, 5.74) is 2.39. The lowest BCUT2D eigenvalue weighted by molar-refractivity contribution is -0.115. The molecule has 0 bridgehead atoms. The van der Waals surface area contributed by atoms with Crippen LogP contribution in [0.4, 0.5) is 5.69 Å². The van der Waals surface area contributed by atoms with Crippen LogP contribution in [0, 0.1) is 0 Å². The van der Waals surface area contributed by atoms with Gasteiger partial charge >= 0.3 is 0 Å². The van der Waals surface area contributed by atoms with Crippen LogP contribution in [0.15, 0.2) is 42.5 Å². The van der Waals surface area contributed by atoms with Gasteiger partial charge in [0.1, 0.15) is 5.75 Å². The van der Waals surface area contributed by atoms with E-state index in [4.69, 9.17) is 21.1 Å². The van der Waals surface area contributed by atoms with Gasteiger partial charge in [-0.3, -0.25) is 4.79 Å². The summed E-state index contributed by atoms with van der Waals surface area (Å²) in [6.07, 6.45) is 0.311. The molecule has 1 N–H and O–H groups in total. The number of anilines is 1. The summed E-state index contributed by atoms with van der Waals surface area (Å²) in [6.45, 7) is 2.76. The Hall–Kier alpha value is -2.04. The van der Waals surface area contributed by atoms with Crippen molar-refractivity contribution in [3.63, 3.8) is 0 Å². The fraction of sp³-hybridized carbons (Fsp3) is 0.278. The summed E-state index contributed by atoms with van der Waals surface area (Å²) in [5, 5.41) is 3.32. The first kappa shape index (κ1) is 17.3. The molecule has 122 valence electrons. The minimum atomic E-state index is -0.0974. The van der Waals surface area contributed by atoms with Crippen LogP contribution >= 0.6 is 11.6 Å². The lowest BCUT2D eigenvalue weighted by atomic mass is 10.1. The molecule has 0 aliphatic rings. The maximum atomic E-state index is 12.2. The minimum Gasteiger partial charge on any atom is -0.492 e. The van der Waals surface area contributed by atoms with E-state index in [0.717, 1.165) is 11.1 Å². The van der Waals surface area contributed by atoms with Gasteiger partial charge in [-0.2, -0.15) is 0 Å². The number of methoxy groups -OCH3 is 1. The fourth-order valence-electron chi connectivity index (χ4n) is 2.28. The van der Waals surface area contributed by atoms with Gasteiger partial charge in [0, 0.05) is 18.4 Å². The van der Waals surface area contributed by atoms with Gasteiger partial charge in [-0.05, 0) is 24.6 Å². The van der Waals surface area contributed by atoms with Crippen LogP contribution < -0.4 is 10.1 Å². The van der Waals surface area contributed by atoms with Gasteiger partial charge in [-0.25, -0.2) is 0 Å². The highest BCUT2D eigenvalue weighted by Crippen LogP contribution is 2.33. The normalized spacial score (nSPS) is 10.4. The van der Waals surface area contributed by atoms with Crippen LogP contribution in [0.5, 0.6) is 5.75 Å². The molecule has 4 nitrogen and oxygen atoms in total. The number of rotatable bonds is 7. The number of halogens is 1. The standard InChI is InChI=1S/C18H20ClNO3/c1-3-23-18-14(12-22-2)10-15(11-16(18)19)20-17(21)9-13-7-5-4-6-8-13/h4-8,10-11H,3,9,12H2,1-2H3,(H,20,21). The Labute approximate surface area is 141 Å². The van der Waals surface area contributed by atoms with Crippen molar-refractivity contribution in [1.29, 1.82) is 0 Å². The zero-order chi connectivity index (χ0) is 16.7. The Morgan fingerprint density at radius 3 is 2.61 bits per heavy atom. The van der Waals surface area contributed by atoms with Gasteiger partial charge in [0.25, 0.3) is 0 Å². The summed E-state index contributed by atoms with van der Waals surface area (Å²) < 4.78 is 10.7. The van der Waals surface area contributed by atoms with E-state index in [1.807, 2.05) is 43.3 Å². The lowest BCUT2D eigenvalue weighted by Gasteiger charge is -2.14. The maximum Gasteiger partial charge on any atom is 0.228 e. The van der Waals surface area contributed by atoms with Crippen LogP contribution in [0.3, 0.4) is 0 Å². The maximum absolute atomic E-state index is 12.2. The smallest absolute Gasteiger partial charge is 0.228 e. The first-order valence-corrected chi connectivity index (χ1v) is 7.79. The summed E-state index contributed by atoms with van der Waals surface area (Å²) in [5.74, 6) is 0.497. The van der Waals surface area contributed by atoms with Gasteiger partial charge in [0.15, 0.2) is 0 Å². The number of benzene rings is 2. The van der Waals surface area contributed by atoms with Crippen LogP contribution in [0.25, 0.3) is 0 Å². The molecule has 0 heterocycles. The number of carbonyl (C=O) groups is 1. The Bertz CT molecular complexity index is 659. The van der Waals surface area contributed by atoms with E-state index < -0.39 is 0 Å². The van der Waals surface area contributed by atoms with E-state index in [2.05, 4.69) is 5.32 Å². The lowest BCUT2D eigenvalue weighted by Crippen LogP contribution is -2.14. The second-order valence-corrected chi connectivity index (χ2v) is 5.43. The number of carbonyl (C=O) groups excluding carboxylic acids is 1. The third kappa shape index (κ3) is 4.98. The van der Waals surface area contributed by atoms with Crippen molar-refractivity contribution >= 4 is 23.2 Å². The molecular weight excluding hydrogens is 314 g/mol. The van der Waals surface area contributed by atoms with Gasteiger partial charge in [-0.15, -0.1) is 0 Å². The highest BCUT2D eigenvalue weighted by molar-refractivity contribution is 6.32. The largest absolute Gasteiger partial charge is 0.492 e. The molecule has 0 atom stereocenters. The van der Waals surface area contributed by atoms with Crippen LogP contribution in [0.2, 0.25) is 5.02 Å². The molecule has 0 fully saturated rings. The predicted molar refractivity (Wildman–Crippen MR) is 92.1 cm³/mol. The second kappa shape index (κ2) is 8.56. The topological polar surface area (TPSA) is 47.6 Å². The van der Waals surface area contributed by atoms with E-state index in [0.29, 0.717) is 36.1 Å². The van der Waals surface area contributed by atoms with Gasteiger partial charge in [-0.1, -0.05) is 41.9 Å². The second-order valence-electron chi connectivity index (χ2n) is 5.02. The first-order chi connectivity index (χ1) is 11.1. The average Bonchev–Trinajstić information content (AvgIpc) is 2.52. The summed E-state index contributed by atoms with van der Waals surface area (Å²) in [4.78, 5) is 12.2. The number of hydrogen-bond acceptors (Lipinski definition) is 3. The van der Waals surface area contributed by atoms with Crippen molar-refractivity contribution in [3.05, 3.63) is 58.6 Å². The highest BCUT2D eigenvalue weighted by Gasteiger charge is 2.12. The number of hydrogen-bond donors (Lipinski definition) is 1. The number of nitrogens with one attached hydrogen (secondary N) is 1. The summed E-state index contributed by atoms with van der Waals surface area (Å²) in [6, 6.07) is 13.1. The van der Waals surface area contributed by atoms with Gasteiger partial charge < -0.3 is 14.8 Å². The van der Waals surface area contributed by atoms with Gasteiger partial charge in [0.05, 0.1) is 24.7 Å². The quantitative estimate of drug-likeness (QED) is 0.831. The van der Waals surface area contributed by atoms with Crippen molar-refractivity contribution in [2.45, 2.75) is 20.0 Å². The Morgan fingerprint density at radius 1 is 1.22 bits per heavy atom. The zero-order valence-electron chi connectivity index (χ0n) is 13.3. The average molecular weight is 334 g/mol. The monoisotopic (exact) mass is 333 g/mol. The van der Waals surface area contributed by atoms with Crippen molar-refractivity contribution in [2.24, 2.45) is 0 Å². The molecular formula is C18H20ClNO3. The van der Waals surface area contributed by atoms with E-state index in [9.17, 15) is 4.79 Å². The fourth-order valence-corrected chi connectivity index (χ4v) is 2.57.